The number of rotatable bonds is 13. The number of nitrogens with zero attached hydrogens (tertiary/aromatic N) is 4. The number of ether oxygens (including phenoxy) is 2. The third kappa shape index (κ3) is 7.61. The van der Waals surface area contributed by atoms with E-state index >= 15 is 0 Å². The monoisotopic (exact) mass is 661 g/mol. The molecule has 4 aromatic rings. The number of aliphatic hydroxyl groups excluding tert-OH is 1. The Morgan fingerprint density at radius 1 is 1.09 bits per heavy atom. The van der Waals surface area contributed by atoms with E-state index in [0.717, 1.165) is 5.56 Å². The van der Waals surface area contributed by atoms with Crippen molar-refractivity contribution in [3.63, 3.8) is 0 Å². The van der Waals surface area contributed by atoms with E-state index in [0.29, 0.717) is 52.6 Å². The quantitative estimate of drug-likeness (QED) is 0.0658. The molecule has 12 heteroatoms. The normalized spacial score (nSPS) is 17.0. The van der Waals surface area contributed by atoms with Gasteiger partial charge in [-0.1, -0.05) is 70.8 Å². The molecule has 0 bridgehead atoms. The van der Waals surface area contributed by atoms with Crippen molar-refractivity contribution in [3.05, 3.63) is 140 Å². The maximum Gasteiger partial charge on any atom is 0.252 e. The summed E-state index contributed by atoms with van der Waals surface area (Å²) in [7, 11) is 0. The Labute approximate surface area is 275 Å². The van der Waals surface area contributed by atoms with E-state index in [2.05, 4.69) is 15.3 Å². The smallest absolute Gasteiger partial charge is 0.252 e. The van der Waals surface area contributed by atoms with Crippen molar-refractivity contribution in [1.29, 1.82) is 0 Å². The minimum absolute atomic E-state index is 0.0000509. The van der Waals surface area contributed by atoms with Crippen LogP contribution in [0.4, 0.5) is 10.1 Å². The van der Waals surface area contributed by atoms with E-state index in [1.54, 1.807) is 78.9 Å². The van der Waals surface area contributed by atoms with Crippen LogP contribution in [0, 0.1) is 5.82 Å². The highest BCUT2D eigenvalue weighted by atomic mass is 35.5. The number of aliphatic imine (C=N–C) groups is 1. The second kappa shape index (κ2) is 15.1. The van der Waals surface area contributed by atoms with Crippen molar-refractivity contribution in [3.8, 4) is 5.75 Å². The highest BCUT2D eigenvalue weighted by molar-refractivity contribution is 6.35. The summed E-state index contributed by atoms with van der Waals surface area (Å²) in [5, 5.41) is 16.6. The van der Waals surface area contributed by atoms with Gasteiger partial charge in [-0.15, -0.1) is 0 Å². The van der Waals surface area contributed by atoms with Crippen molar-refractivity contribution >= 4 is 40.7 Å². The third-order valence-corrected chi connectivity index (χ3v) is 8.05. The summed E-state index contributed by atoms with van der Waals surface area (Å²) in [6.07, 6.45) is -0.0614. The van der Waals surface area contributed by atoms with Crippen molar-refractivity contribution in [2.75, 3.05) is 19.8 Å². The second-order valence-corrected chi connectivity index (χ2v) is 11.4. The molecular formula is C34H30Cl2FN5O4. The van der Waals surface area contributed by atoms with Crippen LogP contribution in [0.1, 0.15) is 34.8 Å². The van der Waals surface area contributed by atoms with E-state index in [4.69, 9.17) is 42.8 Å². The number of nitrogens with one attached hydrogen (secondary N) is 1. The van der Waals surface area contributed by atoms with Crippen LogP contribution in [0.3, 0.4) is 0 Å². The summed E-state index contributed by atoms with van der Waals surface area (Å²) in [6, 6.07) is 25.0. The SMILES string of the molecule is [N-]=[N+]=Nc1ccccc1C[C@@]1(C(=O)NCCc2ccc(F)cc2)N=C(c2ccc(OCCCO)cc2)O[C@@H]1c1ccc(Cl)cc1Cl. The number of azide groups is 1. The molecule has 4 aromatic carbocycles. The molecule has 9 nitrogen and oxygen atoms in total. The zero-order chi connectivity index (χ0) is 32.5. The maximum atomic E-state index is 14.5. The number of benzene rings is 4. The van der Waals surface area contributed by atoms with Gasteiger partial charge in [0.1, 0.15) is 11.6 Å². The predicted octanol–water partition coefficient (Wildman–Crippen LogP) is 7.69. The maximum absolute atomic E-state index is 14.5. The number of hydrogen-bond acceptors (Lipinski definition) is 6. The summed E-state index contributed by atoms with van der Waals surface area (Å²) >= 11 is 13.0. The molecule has 0 aliphatic carbocycles. The molecule has 0 fully saturated rings. The van der Waals surface area contributed by atoms with Crippen LogP contribution < -0.4 is 10.1 Å². The molecule has 2 N–H and O–H groups in total. The minimum Gasteiger partial charge on any atom is -0.494 e. The third-order valence-electron chi connectivity index (χ3n) is 7.49. The fourth-order valence-corrected chi connectivity index (χ4v) is 5.70. The predicted molar refractivity (Wildman–Crippen MR) is 175 cm³/mol. The van der Waals surface area contributed by atoms with E-state index in [-0.39, 0.29) is 36.3 Å². The van der Waals surface area contributed by atoms with E-state index < -0.39 is 17.6 Å². The number of halogens is 3. The van der Waals surface area contributed by atoms with Crippen LogP contribution in [-0.4, -0.2) is 42.2 Å². The Hall–Kier alpha value is -4.60. The number of carbonyl (C=O) groups excluding carboxylic acids is 1. The first-order valence-corrected chi connectivity index (χ1v) is 15.3. The standard InChI is InChI=1S/C34H30Cl2FN5O4/c35-25-10-15-28(29(36)20-25)31-34(21-24-4-1-2-5-30(24)41-42-38,33(44)39-17-16-22-6-11-26(37)12-7-22)40-32(46-31)23-8-13-27(14-9-23)45-19-3-18-43/h1-2,4-15,20,31,43H,3,16-19,21H2,(H,39,44)/t31-,34-/m1/s1. The number of amides is 1. The van der Waals surface area contributed by atoms with Gasteiger partial charge in [0.25, 0.3) is 5.91 Å². The van der Waals surface area contributed by atoms with Crippen molar-refractivity contribution < 1.29 is 23.8 Å². The molecule has 0 saturated heterocycles. The van der Waals surface area contributed by atoms with Gasteiger partial charge in [-0.25, -0.2) is 9.38 Å². The van der Waals surface area contributed by atoms with E-state index in [1.807, 2.05) is 0 Å². The second-order valence-electron chi connectivity index (χ2n) is 10.6. The Bertz CT molecular complexity index is 1760. The zero-order valence-electron chi connectivity index (χ0n) is 24.6. The Kier molecular flexibility index (Phi) is 10.8. The Morgan fingerprint density at radius 2 is 1.85 bits per heavy atom. The molecule has 2 atom stereocenters. The lowest BCUT2D eigenvalue weighted by molar-refractivity contribution is -0.128. The lowest BCUT2D eigenvalue weighted by Gasteiger charge is -2.31. The molecule has 46 heavy (non-hydrogen) atoms. The lowest BCUT2D eigenvalue weighted by Crippen LogP contribution is -2.50. The van der Waals surface area contributed by atoms with Gasteiger partial charge in [-0.05, 0) is 71.6 Å². The van der Waals surface area contributed by atoms with Gasteiger partial charge in [0.05, 0.1) is 6.61 Å². The van der Waals surface area contributed by atoms with Gasteiger partial charge < -0.3 is 19.9 Å². The van der Waals surface area contributed by atoms with Crippen LogP contribution in [0.15, 0.2) is 101 Å². The van der Waals surface area contributed by atoms with Crippen LogP contribution in [-0.2, 0) is 22.4 Å². The first-order valence-electron chi connectivity index (χ1n) is 14.5. The average molecular weight is 663 g/mol. The molecule has 1 heterocycles. The molecule has 0 radical (unpaired) electrons. The summed E-state index contributed by atoms with van der Waals surface area (Å²) in [6.45, 7) is 0.612. The molecule has 0 spiro atoms. The van der Waals surface area contributed by atoms with Crippen LogP contribution in [0.2, 0.25) is 10.0 Å². The topological polar surface area (TPSA) is 129 Å². The average Bonchev–Trinajstić information content (AvgIpc) is 3.43. The van der Waals surface area contributed by atoms with Crippen LogP contribution in [0.25, 0.3) is 10.4 Å². The molecule has 0 unspecified atom stereocenters. The van der Waals surface area contributed by atoms with E-state index in [1.165, 1.54) is 12.1 Å². The Balaban J connectivity index is 1.58. The number of carbonyl (C=O) groups is 1. The zero-order valence-corrected chi connectivity index (χ0v) is 26.1. The molecular weight excluding hydrogens is 632 g/mol. The Morgan fingerprint density at radius 3 is 2.57 bits per heavy atom. The van der Waals surface area contributed by atoms with Crippen molar-refractivity contribution in [2.24, 2.45) is 10.1 Å². The summed E-state index contributed by atoms with van der Waals surface area (Å²) in [4.78, 5) is 22.4. The molecule has 236 valence electrons. The summed E-state index contributed by atoms with van der Waals surface area (Å²) in [5.74, 6) is 0.0113. The number of hydrogen-bond donors (Lipinski definition) is 2. The lowest BCUT2D eigenvalue weighted by atomic mass is 9.81. The molecule has 1 aliphatic rings. The van der Waals surface area contributed by atoms with Crippen molar-refractivity contribution in [1.82, 2.24) is 5.32 Å². The highest BCUT2D eigenvalue weighted by Gasteiger charge is 2.54. The largest absolute Gasteiger partial charge is 0.494 e. The van der Waals surface area contributed by atoms with Gasteiger partial charge >= 0.3 is 0 Å². The van der Waals surface area contributed by atoms with Gasteiger partial charge in [-0.3, -0.25) is 4.79 Å². The van der Waals surface area contributed by atoms with Gasteiger partial charge in [0.15, 0.2) is 11.6 Å². The number of aliphatic hydroxyl groups is 1. The first kappa shape index (κ1) is 32.8. The highest BCUT2D eigenvalue weighted by Crippen LogP contribution is 2.46. The van der Waals surface area contributed by atoms with Crippen LogP contribution >= 0.6 is 23.2 Å². The van der Waals surface area contributed by atoms with Gasteiger partial charge in [-0.2, -0.15) is 0 Å². The fraction of sp³-hybridized carbons (Fsp3) is 0.235. The molecule has 1 aliphatic heterocycles. The van der Waals surface area contributed by atoms with Crippen LogP contribution in [0.5, 0.6) is 5.75 Å². The molecule has 0 aromatic heterocycles. The van der Waals surface area contributed by atoms with Gasteiger partial charge in [0.2, 0.25) is 5.90 Å². The van der Waals surface area contributed by atoms with E-state index in [9.17, 15) is 14.7 Å². The molecule has 5 rings (SSSR count). The minimum atomic E-state index is -1.60. The first-order chi connectivity index (χ1) is 22.3. The fourth-order valence-electron chi connectivity index (χ4n) is 5.19. The van der Waals surface area contributed by atoms with Crippen molar-refractivity contribution in [2.45, 2.75) is 30.9 Å². The summed E-state index contributed by atoms with van der Waals surface area (Å²) < 4.78 is 25.6. The van der Waals surface area contributed by atoms with Gasteiger partial charge in [0, 0.05) is 57.8 Å². The molecule has 1 amide bonds. The molecule has 0 saturated carbocycles. The summed E-state index contributed by atoms with van der Waals surface area (Å²) in [5.41, 5.74) is 10.5.